The van der Waals surface area contributed by atoms with E-state index in [1.54, 1.807) is 3.96 Å². The van der Waals surface area contributed by atoms with E-state index in [-0.39, 0.29) is 5.56 Å². The van der Waals surface area contributed by atoms with Crippen molar-refractivity contribution >= 4 is 23.1 Å². The van der Waals surface area contributed by atoms with Gasteiger partial charge in [0.15, 0.2) is 0 Å². The van der Waals surface area contributed by atoms with E-state index in [1.807, 2.05) is 18.2 Å². The predicted octanol–water partition coefficient (Wildman–Crippen LogP) is 3.29. The molecule has 1 heterocycles. The fourth-order valence-corrected chi connectivity index (χ4v) is 3.23. The fraction of sp³-hybridized carbons (Fsp3) is 0.250. The first-order chi connectivity index (χ1) is 7.75. The normalized spacial score (nSPS) is 23.3. The Balaban J connectivity index is 1.87. The smallest absolute Gasteiger partial charge is 0.262 e. The molecule has 0 radical (unpaired) electrons. The molecule has 1 aliphatic rings. The second kappa shape index (κ2) is 3.75. The van der Waals surface area contributed by atoms with Crippen molar-refractivity contribution in [1.29, 1.82) is 0 Å². The molecule has 0 aliphatic heterocycles. The van der Waals surface area contributed by atoms with Crippen molar-refractivity contribution in [2.75, 3.05) is 0 Å². The van der Waals surface area contributed by atoms with Gasteiger partial charge in [0.2, 0.25) is 0 Å². The lowest BCUT2D eigenvalue weighted by Crippen LogP contribution is -2.10. The zero-order chi connectivity index (χ0) is 11.1. The number of nitrogens with zero attached hydrogens (tertiary/aromatic N) is 1. The SMILES string of the molecule is O=c1cc(Cl)sn1C1CC1c1ccccc1. The number of hydrogen-bond donors (Lipinski definition) is 0. The van der Waals surface area contributed by atoms with Crippen LogP contribution in [0.25, 0.3) is 0 Å². The molecule has 1 aromatic heterocycles. The largest absolute Gasteiger partial charge is 0.268 e. The van der Waals surface area contributed by atoms with Crippen LogP contribution in [-0.2, 0) is 0 Å². The molecule has 0 amide bonds. The third-order valence-electron chi connectivity index (χ3n) is 2.93. The van der Waals surface area contributed by atoms with E-state index < -0.39 is 0 Å². The Bertz CT molecular complexity index is 560. The van der Waals surface area contributed by atoms with Gasteiger partial charge in [-0.3, -0.25) is 8.75 Å². The molecular weight excluding hydrogens is 242 g/mol. The molecule has 2 unspecified atom stereocenters. The number of hydrogen-bond acceptors (Lipinski definition) is 2. The summed E-state index contributed by atoms with van der Waals surface area (Å²) in [6.07, 6.45) is 1.04. The van der Waals surface area contributed by atoms with Gasteiger partial charge in [-0.25, -0.2) is 0 Å². The molecule has 2 nitrogen and oxygen atoms in total. The van der Waals surface area contributed by atoms with Gasteiger partial charge in [0.25, 0.3) is 5.56 Å². The number of aromatic nitrogens is 1. The molecule has 0 spiro atoms. The van der Waals surface area contributed by atoms with Gasteiger partial charge in [-0.05, 0) is 23.5 Å². The van der Waals surface area contributed by atoms with Crippen LogP contribution < -0.4 is 5.56 Å². The van der Waals surface area contributed by atoms with Gasteiger partial charge in [0, 0.05) is 12.0 Å². The summed E-state index contributed by atoms with van der Waals surface area (Å²) in [5, 5.41) is 0. The molecule has 0 N–H and O–H groups in total. The molecule has 1 fully saturated rings. The van der Waals surface area contributed by atoms with Crippen molar-refractivity contribution < 1.29 is 0 Å². The maximum atomic E-state index is 11.6. The van der Waals surface area contributed by atoms with Crippen LogP contribution in [-0.4, -0.2) is 3.96 Å². The monoisotopic (exact) mass is 251 g/mol. The number of rotatable bonds is 2. The average Bonchev–Trinajstić information content (AvgIpc) is 3.00. The first kappa shape index (κ1) is 10.1. The van der Waals surface area contributed by atoms with Crippen LogP contribution in [0.3, 0.4) is 0 Å². The van der Waals surface area contributed by atoms with Crippen LogP contribution in [0, 0.1) is 0 Å². The van der Waals surface area contributed by atoms with Crippen LogP contribution in [0.4, 0.5) is 0 Å². The van der Waals surface area contributed by atoms with Crippen LogP contribution in [0.5, 0.6) is 0 Å². The van der Waals surface area contributed by atoms with Crippen LogP contribution in [0.15, 0.2) is 41.2 Å². The molecule has 0 bridgehead atoms. The number of benzene rings is 1. The first-order valence-corrected chi connectivity index (χ1v) is 6.34. The summed E-state index contributed by atoms with van der Waals surface area (Å²) in [5.41, 5.74) is 1.34. The van der Waals surface area contributed by atoms with Gasteiger partial charge in [-0.1, -0.05) is 41.9 Å². The lowest BCUT2D eigenvalue weighted by atomic mass is 10.1. The standard InChI is InChI=1S/C12H10ClNOS/c13-11-7-12(15)14(16-11)10-6-9(10)8-4-2-1-3-5-8/h1-5,7,9-10H,6H2. The van der Waals surface area contributed by atoms with E-state index in [2.05, 4.69) is 12.1 Å². The van der Waals surface area contributed by atoms with E-state index in [0.717, 1.165) is 6.42 Å². The topological polar surface area (TPSA) is 22.0 Å². The molecule has 0 saturated heterocycles. The van der Waals surface area contributed by atoms with Gasteiger partial charge < -0.3 is 0 Å². The zero-order valence-corrected chi connectivity index (χ0v) is 10.0. The third-order valence-corrected chi connectivity index (χ3v) is 4.18. The summed E-state index contributed by atoms with van der Waals surface area (Å²) >= 11 is 7.18. The minimum absolute atomic E-state index is 0.0263. The Morgan fingerprint density at radius 1 is 1.31 bits per heavy atom. The minimum Gasteiger partial charge on any atom is -0.268 e. The zero-order valence-electron chi connectivity index (χ0n) is 8.47. The van der Waals surface area contributed by atoms with E-state index in [4.69, 9.17) is 11.6 Å². The van der Waals surface area contributed by atoms with Crippen LogP contribution in [0.1, 0.15) is 23.9 Å². The summed E-state index contributed by atoms with van der Waals surface area (Å²) in [5.74, 6) is 0.480. The van der Waals surface area contributed by atoms with Crippen LogP contribution >= 0.6 is 23.1 Å². The second-order valence-corrected chi connectivity index (χ2v) is 5.67. The molecule has 1 aliphatic carbocycles. The van der Waals surface area contributed by atoms with Crippen molar-refractivity contribution in [3.05, 3.63) is 56.7 Å². The predicted molar refractivity (Wildman–Crippen MR) is 66.4 cm³/mol. The summed E-state index contributed by atoms with van der Waals surface area (Å²) in [4.78, 5) is 11.6. The molecule has 16 heavy (non-hydrogen) atoms. The molecule has 1 aromatic carbocycles. The van der Waals surface area contributed by atoms with Crippen molar-refractivity contribution in [2.45, 2.75) is 18.4 Å². The van der Waals surface area contributed by atoms with Crippen molar-refractivity contribution in [1.82, 2.24) is 3.96 Å². The van der Waals surface area contributed by atoms with Crippen molar-refractivity contribution in [2.24, 2.45) is 0 Å². The average molecular weight is 252 g/mol. The molecule has 2 aromatic rings. The Morgan fingerprint density at radius 3 is 2.69 bits per heavy atom. The minimum atomic E-state index is 0.0263. The fourth-order valence-electron chi connectivity index (χ4n) is 2.06. The van der Waals surface area contributed by atoms with Gasteiger partial charge in [0.05, 0.1) is 6.04 Å². The third kappa shape index (κ3) is 1.70. The van der Waals surface area contributed by atoms with E-state index in [0.29, 0.717) is 16.3 Å². The number of halogens is 1. The lowest BCUT2D eigenvalue weighted by Gasteiger charge is -1.99. The van der Waals surface area contributed by atoms with E-state index >= 15 is 0 Å². The summed E-state index contributed by atoms with van der Waals surface area (Å²) in [7, 11) is 0. The molecule has 82 valence electrons. The Hall–Kier alpha value is -1.06. The van der Waals surface area contributed by atoms with Gasteiger partial charge in [-0.2, -0.15) is 0 Å². The van der Waals surface area contributed by atoms with E-state index in [9.17, 15) is 4.79 Å². The highest BCUT2D eigenvalue weighted by atomic mass is 35.5. The van der Waals surface area contributed by atoms with Crippen molar-refractivity contribution in [3.8, 4) is 0 Å². The van der Waals surface area contributed by atoms with Gasteiger partial charge in [-0.15, -0.1) is 0 Å². The highest BCUT2D eigenvalue weighted by Crippen LogP contribution is 2.51. The van der Waals surface area contributed by atoms with Gasteiger partial charge in [0.1, 0.15) is 4.34 Å². The Labute approximate surface area is 102 Å². The maximum absolute atomic E-state index is 11.6. The summed E-state index contributed by atoms with van der Waals surface area (Å²) in [6, 6.07) is 12.1. The summed E-state index contributed by atoms with van der Waals surface area (Å²) < 4.78 is 2.36. The molecule has 1 saturated carbocycles. The Kier molecular flexibility index (Phi) is 2.37. The first-order valence-electron chi connectivity index (χ1n) is 5.19. The molecular formula is C12H10ClNOS. The molecule has 3 rings (SSSR count). The quantitative estimate of drug-likeness (QED) is 0.803. The highest BCUT2D eigenvalue weighted by Gasteiger charge is 2.41. The van der Waals surface area contributed by atoms with E-state index in [1.165, 1.54) is 23.2 Å². The Morgan fingerprint density at radius 2 is 2.06 bits per heavy atom. The molecule has 2 atom stereocenters. The second-order valence-electron chi connectivity index (χ2n) is 4.02. The summed E-state index contributed by atoms with van der Waals surface area (Å²) in [6.45, 7) is 0. The lowest BCUT2D eigenvalue weighted by molar-refractivity contribution is 0.760. The molecule has 4 heteroatoms. The highest BCUT2D eigenvalue weighted by molar-refractivity contribution is 7.11. The maximum Gasteiger partial charge on any atom is 0.262 e. The van der Waals surface area contributed by atoms with Crippen LogP contribution in [0.2, 0.25) is 4.34 Å². The van der Waals surface area contributed by atoms with Crippen molar-refractivity contribution in [3.63, 3.8) is 0 Å². The van der Waals surface area contributed by atoms with Gasteiger partial charge >= 0.3 is 0 Å².